The fourth-order valence-electron chi connectivity index (χ4n) is 2.61. The van der Waals surface area contributed by atoms with Crippen LogP contribution in [0.15, 0.2) is 6.07 Å². The molecule has 3 heteroatoms. The number of nitrogens with two attached hydrogens (primary N) is 1. The highest BCUT2D eigenvalue weighted by molar-refractivity contribution is 5.32. The van der Waals surface area contributed by atoms with Crippen LogP contribution in [0.4, 0.5) is 0 Å². The molecule has 2 N–H and O–H groups in total. The van der Waals surface area contributed by atoms with Gasteiger partial charge in [0.25, 0.3) is 0 Å². The summed E-state index contributed by atoms with van der Waals surface area (Å²) in [4.78, 5) is 2.23. The van der Waals surface area contributed by atoms with E-state index < -0.39 is 0 Å². The first-order valence-corrected chi connectivity index (χ1v) is 6.19. The highest BCUT2D eigenvalue weighted by atomic mass is 15.1. The van der Waals surface area contributed by atoms with Gasteiger partial charge in [0.15, 0.2) is 0 Å². The lowest BCUT2D eigenvalue weighted by Crippen LogP contribution is -2.22. The molecule has 0 bridgehead atoms. The van der Waals surface area contributed by atoms with Crippen molar-refractivity contribution in [1.82, 2.24) is 9.47 Å². The van der Waals surface area contributed by atoms with E-state index in [-0.39, 0.29) is 6.04 Å². The molecule has 0 spiro atoms. The molecule has 2 rings (SSSR count). The molecule has 0 saturated carbocycles. The lowest BCUT2D eigenvalue weighted by Gasteiger charge is -2.22. The second-order valence-electron chi connectivity index (χ2n) is 5.14. The summed E-state index contributed by atoms with van der Waals surface area (Å²) < 4.78 is 2.45. The van der Waals surface area contributed by atoms with Gasteiger partial charge in [-0.25, -0.2) is 0 Å². The van der Waals surface area contributed by atoms with Gasteiger partial charge in [-0.1, -0.05) is 0 Å². The van der Waals surface area contributed by atoms with Crippen LogP contribution in [0.1, 0.15) is 35.8 Å². The van der Waals surface area contributed by atoms with Crippen LogP contribution in [0.5, 0.6) is 0 Å². The van der Waals surface area contributed by atoms with Gasteiger partial charge < -0.3 is 15.2 Å². The SMILES string of the molecule is Cc1cc2c(n1CCN(C)C)CCCC2N. The van der Waals surface area contributed by atoms with Gasteiger partial charge in [0.05, 0.1) is 0 Å². The molecular weight excluding hydrogens is 198 g/mol. The van der Waals surface area contributed by atoms with E-state index >= 15 is 0 Å². The molecular formula is C13H23N3. The topological polar surface area (TPSA) is 34.2 Å². The van der Waals surface area contributed by atoms with Crippen LogP contribution in [0, 0.1) is 6.92 Å². The van der Waals surface area contributed by atoms with E-state index in [9.17, 15) is 0 Å². The number of likely N-dealkylation sites (N-methyl/N-ethyl adjacent to an activating group) is 1. The largest absolute Gasteiger partial charge is 0.347 e. The van der Waals surface area contributed by atoms with Crippen molar-refractivity contribution in [3.63, 3.8) is 0 Å². The van der Waals surface area contributed by atoms with E-state index in [0.29, 0.717) is 0 Å². The Labute approximate surface area is 98.2 Å². The Hall–Kier alpha value is -0.800. The fourth-order valence-corrected chi connectivity index (χ4v) is 2.61. The Bertz CT molecular complexity index is 365. The van der Waals surface area contributed by atoms with Crippen molar-refractivity contribution in [2.75, 3.05) is 20.6 Å². The average molecular weight is 221 g/mol. The molecule has 1 aliphatic rings. The van der Waals surface area contributed by atoms with Crippen LogP contribution in [0.2, 0.25) is 0 Å². The van der Waals surface area contributed by atoms with Crippen molar-refractivity contribution >= 4 is 0 Å². The molecule has 0 amide bonds. The standard InChI is InChI=1S/C13H23N3/c1-10-9-11-12(14)5-4-6-13(11)16(10)8-7-15(2)3/h9,12H,4-8,14H2,1-3H3. The van der Waals surface area contributed by atoms with E-state index in [2.05, 4.69) is 36.6 Å². The third-order valence-electron chi connectivity index (χ3n) is 3.55. The number of hydrogen-bond acceptors (Lipinski definition) is 2. The van der Waals surface area contributed by atoms with E-state index in [0.717, 1.165) is 19.5 Å². The lowest BCUT2D eigenvalue weighted by molar-refractivity contribution is 0.377. The first-order chi connectivity index (χ1) is 7.59. The Morgan fingerprint density at radius 1 is 1.50 bits per heavy atom. The molecule has 16 heavy (non-hydrogen) atoms. The van der Waals surface area contributed by atoms with E-state index in [1.807, 2.05) is 0 Å². The molecule has 1 aromatic heterocycles. The number of aryl methyl sites for hydroxylation is 1. The Kier molecular flexibility index (Phi) is 3.36. The third-order valence-corrected chi connectivity index (χ3v) is 3.55. The predicted molar refractivity (Wildman–Crippen MR) is 67.6 cm³/mol. The zero-order valence-corrected chi connectivity index (χ0v) is 10.7. The smallest absolute Gasteiger partial charge is 0.0352 e. The molecule has 90 valence electrons. The molecule has 1 unspecified atom stereocenters. The van der Waals surface area contributed by atoms with Crippen molar-refractivity contribution in [2.24, 2.45) is 5.73 Å². The zero-order valence-electron chi connectivity index (χ0n) is 10.7. The second-order valence-corrected chi connectivity index (χ2v) is 5.14. The van der Waals surface area contributed by atoms with Crippen molar-refractivity contribution in [1.29, 1.82) is 0 Å². The first-order valence-electron chi connectivity index (χ1n) is 6.19. The maximum absolute atomic E-state index is 6.16. The van der Waals surface area contributed by atoms with Crippen molar-refractivity contribution in [2.45, 2.75) is 38.8 Å². The van der Waals surface area contributed by atoms with Crippen molar-refractivity contribution in [3.05, 3.63) is 23.0 Å². The average Bonchev–Trinajstić information content (AvgIpc) is 2.53. The minimum absolute atomic E-state index is 0.267. The third kappa shape index (κ3) is 2.15. The van der Waals surface area contributed by atoms with E-state index in [4.69, 9.17) is 5.73 Å². The Balaban J connectivity index is 2.24. The highest BCUT2D eigenvalue weighted by Gasteiger charge is 2.21. The number of rotatable bonds is 3. The van der Waals surface area contributed by atoms with Gasteiger partial charge in [0, 0.05) is 30.5 Å². The molecule has 1 aromatic rings. The van der Waals surface area contributed by atoms with E-state index in [1.54, 1.807) is 0 Å². The number of fused-ring (bicyclic) bond motifs is 1. The van der Waals surface area contributed by atoms with Gasteiger partial charge >= 0.3 is 0 Å². The van der Waals surface area contributed by atoms with Gasteiger partial charge in [0.2, 0.25) is 0 Å². The maximum atomic E-state index is 6.16. The lowest BCUT2D eigenvalue weighted by atomic mass is 9.93. The molecule has 0 aliphatic heterocycles. The highest BCUT2D eigenvalue weighted by Crippen LogP contribution is 2.30. The van der Waals surface area contributed by atoms with Gasteiger partial charge in [-0.05, 0) is 51.9 Å². The second kappa shape index (κ2) is 4.60. The van der Waals surface area contributed by atoms with Crippen LogP contribution < -0.4 is 5.73 Å². The van der Waals surface area contributed by atoms with Crippen LogP contribution in [-0.2, 0) is 13.0 Å². The van der Waals surface area contributed by atoms with Crippen LogP contribution in [0.25, 0.3) is 0 Å². The minimum Gasteiger partial charge on any atom is -0.347 e. The molecule has 0 radical (unpaired) electrons. The Morgan fingerprint density at radius 3 is 2.94 bits per heavy atom. The quantitative estimate of drug-likeness (QED) is 0.843. The normalized spacial score (nSPS) is 20.2. The summed E-state index contributed by atoms with van der Waals surface area (Å²) in [6.07, 6.45) is 3.58. The maximum Gasteiger partial charge on any atom is 0.0352 e. The van der Waals surface area contributed by atoms with Gasteiger partial charge in [-0.3, -0.25) is 0 Å². The summed E-state index contributed by atoms with van der Waals surface area (Å²) in [5, 5.41) is 0. The van der Waals surface area contributed by atoms with Gasteiger partial charge in [-0.15, -0.1) is 0 Å². The van der Waals surface area contributed by atoms with Crippen LogP contribution in [0.3, 0.4) is 0 Å². The number of aromatic nitrogens is 1. The molecule has 0 fully saturated rings. The molecule has 0 aromatic carbocycles. The molecule has 1 heterocycles. The van der Waals surface area contributed by atoms with Crippen molar-refractivity contribution < 1.29 is 0 Å². The van der Waals surface area contributed by atoms with Crippen LogP contribution >= 0.6 is 0 Å². The zero-order chi connectivity index (χ0) is 11.7. The van der Waals surface area contributed by atoms with Crippen molar-refractivity contribution in [3.8, 4) is 0 Å². The molecule has 1 aliphatic carbocycles. The summed E-state index contributed by atoms with van der Waals surface area (Å²) in [7, 11) is 4.24. The Morgan fingerprint density at radius 2 is 2.25 bits per heavy atom. The first kappa shape index (κ1) is 11.7. The fraction of sp³-hybridized carbons (Fsp3) is 0.692. The molecule has 1 atom stereocenters. The summed E-state index contributed by atoms with van der Waals surface area (Å²) in [5.74, 6) is 0. The van der Waals surface area contributed by atoms with E-state index in [1.165, 1.54) is 29.8 Å². The molecule has 3 nitrogen and oxygen atoms in total. The predicted octanol–water partition coefficient (Wildman–Crippen LogP) is 1.69. The monoisotopic (exact) mass is 221 g/mol. The molecule has 0 saturated heterocycles. The summed E-state index contributed by atoms with van der Waals surface area (Å²) in [5.41, 5.74) is 10.4. The minimum atomic E-state index is 0.267. The van der Waals surface area contributed by atoms with Gasteiger partial charge in [0.1, 0.15) is 0 Å². The summed E-state index contributed by atoms with van der Waals surface area (Å²) in [6, 6.07) is 2.55. The summed E-state index contributed by atoms with van der Waals surface area (Å²) in [6.45, 7) is 4.37. The summed E-state index contributed by atoms with van der Waals surface area (Å²) >= 11 is 0. The van der Waals surface area contributed by atoms with Gasteiger partial charge in [-0.2, -0.15) is 0 Å². The number of hydrogen-bond donors (Lipinski definition) is 1. The number of nitrogens with zero attached hydrogens (tertiary/aromatic N) is 2. The van der Waals surface area contributed by atoms with Crippen LogP contribution in [-0.4, -0.2) is 30.1 Å².